The molecule has 2 rings (SSSR count). The second kappa shape index (κ2) is 7.65. The van der Waals surface area contributed by atoms with Crippen molar-refractivity contribution in [2.45, 2.75) is 38.3 Å². The van der Waals surface area contributed by atoms with E-state index in [9.17, 15) is 18.7 Å². The van der Waals surface area contributed by atoms with Crippen LogP contribution in [0.5, 0.6) is 0 Å². The number of rotatable bonds is 5. The summed E-state index contributed by atoms with van der Waals surface area (Å²) >= 11 is 0. The van der Waals surface area contributed by atoms with Crippen molar-refractivity contribution in [3.05, 3.63) is 35.4 Å². The van der Waals surface area contributed by atoms with Gasteiger partial charge in [0.2, 0.25) is 5.91 Å². The Morgan fingerprint density at radius 1 is 1.45 bits per heavy atom. The van der Waals surface area contributed by atoms with Crippen LogP contribution in [0.1, 0.15) is 37.9 Å². The Kier molecular flexibility index (Phi) is 5.85. The Morgan fingerprint density at radius 2 is 2.14 bits per heavy atom. The van der Waals surface area contributed by atoms with E-state index in [0.717, 1.165) is 31.5 Å². The van der Waals surface area contributed by atoms with Crippen LogP contribution >= 0.6 is 0 Å². The van der Waals surface area contributed by atoms with Crippen molar-refractivity contribution in [3.63, 3.8) is 0 Å². The SMILES string of the molecule is CCC(=O)NC1CCCN(CC(O)c2c(F)cccc2F)C1. The number of aliphatic hydroxyl groups is 1. The Bertz CT molecular complexity index is 505. The molecule has 0 saturated carbocycles. The predicted octanol–water partition coefficient (Wildman–Crippen LogP) is 1.99. The van der Waals surface area contributed by atoms with Crippen LogP contribution in [-0.2, 0) is 4.79 Å². The summed E-state index contributed by atoms with van der Waals surface area (Å²) in [6.45, 7) is 3.27. The summed E-state index contributed by atoms with van der Waals surface area (Å²) in [7, 11) is 0. The maximum atomic E-state index is 13.7. The van der Waals surface area contributed by atoms with Crippen LogP contribution in [0.4, 0.5) is 8.78 Å². The topological polar surface area (TPSA) is 52.6 Å². The van der Waals surface area contributed by atoms with Crippen LogP contribution in [0.3, 0.4) is 0 Å². The highest BCUT2D eigenvalue weighted by atomic mass is 19.1. The number of halogens is 2. The van der Waals surface area contributed by atoms with E-state index in [1.807, 2.05) is 4.90 Å². The molecule has 2 N–H and O–H groups in total. The van der Waals surface area contributed by atoms with Crippen molar-refractivity contribution in [2.75, 3.05) is 19.6 Å². The predicted molar refractivity (Wildman–Crippen MR) is 79.2 cm³/mol. The summed E-state index contributed by atoms with van der Waals surface area (Å²) in [5.41, 5.74) is -0.290. The zero-order chi connectivity index (χ0) is 16.1. The van der Waals surface area contributed by atoms with E-state index in [2.05, 4.69) is 5.32 Å². The first-order chi connectivity index (χ1) is 10.5. The molecule has 4 nitrogen and oxygen atoms in total. The molecule has 22 heavy (non-hydrogen) atoms. The molecule has 1 heterocycles. The number of nitrogens with one attached hydrogen (secondary N) is 1. The van der Waals surface area contributed by atoms with Gasteiger partial charge in [-0.1, -0.05) is 13.0 Å². The van der Waals surface area contributed by atoms with E-state index in [0.29, 0.717) is 13.0 Å². The second-order valence-corrected chi connectivity index (χ2v) is 5.67. The van der Waals surface area contributed by atoms with E-state index in [4.69, 9.17) is 0 Å². The molecule has 1 amide bonds. The molecule has 1 fully saturated rings. The molecule has 6 heteroatoms. The van der Waals surface area contributed by atoms with Gasteiger partial charge in [0.15, 0.2) is 0 Å². The maximum absolute atomic E-state index is 13.7. The first kappa shape index (κ1) is 16.8. The number of carbonyl (C=O) groups is 1. The molecule has 0 radical (unpaired) electrons. The summed E-state index contributed by atoms with van der Waals surface area (Å²) in [5, 5.41) is 13.1. The van der Waals surface area contributed by atoms with Gasteiger partial charge in [0.05, 0.1) is 11.7 Å². The zero-order valence-electron chi connectivity index (χ0n) is 12.7. The number of hydrogen-bond acceptors (Lipinski definition) is 3. The number of piperidine rings is 1. The molecule has 1 aliphatic heterocycles. The highest BCUT2D eigenvalue weighted by Crippen LogP contribution is 2.23. The van der Waals surface area contributed by atoms with Crippen LogP contribution in [0, 0.1) is 11.6 Å². The third kappa shape index (κ3) is 4.24. The largest absolute Gasteiger partial charge is 0.387 e. The minimum atomic E-state index is -1.22. The lowest BCUT2D eigenvalue weighted by Crippen LogP contribution is -2.48. The number of benzene rings is 1. The lowest BCUT2D eigenvalue weighted by molar-refractivity contribution is -0.121. The van der Waals surface area contributed by atoms with Crippen LogP contribution in [-0.4, -0.2) is 41.6 Å². The number of carbonyl (C=O) groups excluding carboxylic acids is 1. The fraction of sp³-hybridized carbons (Fsp3) is 0.562. The standard InChI is InChI=1S/C16H22F2N2O2/c1-2-15(22)19-11-5-4-8-20(9-11)10-14(21)16-12(17)6-3-7-13(16)18/h3,6-7,11,14,21H,2,4-5,8-10H2,1H3,(H,19,22). The van der Waals surface area contributed by atoms with Crippen molar-refractivity contribution in [1.29, 1.82) is 0 Å². The maximum Gasteiger partial charge on any atom is 0.219 e. The van der Waals surface area contributed by atoms with E-state index >= 15 is 0 Å². The molecule has 1 aromatic rings. The van der Waals surface area contributed by atoms with Gasteiger partial charge in [0, 0.05) is 25.6 Å². The van der Waals surface area contributed by atoms with Crippen molar-refractivity contribution >= 4 is 5.91 Å². The molecule has 0 spiro atoms. The molecule has 1 aliphatic rings. The minimum absolute atomic E-state index is 0.00690. The van der Waals surface area contributed by atoms with Crippen molar-refractivity contribution in [1.82, 2.24) is 10.2 Å². The number of nitrogens with zero attached hydrogens (tertiary/aromatic N) is 1. The van der Waals surface area contributed by atoms with Crippen molar-refractivity contribution in [3.8, 4) is 0 Å². The average Bonchev–Trinajstić information content (AvgIpc) is 2.47. The number of likely N-dealkylation sites (tertiary alicyclic amines) is 1. The lowest BCUT2D eigenvalue weighted by Gasteiger charge is -2.34. The quantitative estimate of drug-likeness (QED) is 0.874. The monoisotopic (exact) mass is 312 g/mol. The fourth-order valence-corrected chi connectivity index (χ4v) is 2.83. The van der Waals surface area contributed by atoms with E-state index < -0.39 is 17.7 Å². The smallest absolute Gasteiger partial charge is 0.219 e. The molecule has 122 valence electrons. The van der Waals surface area contributed by atoms with Crippen LogP contribution in [0.25, 0.3) is 0 Å². The van der Waals surface area contributed by atoms with Gasteiger partial charge >= 0.3 is 0 Å². The third-order valence-corrected chi connectivity index (χ3v) is 3.96. The average molecular weight is 312 g/mol. The second-order valence-electron chi connectivity index (χ2n) is 5.67. The van der Waals surface area contributed by atoms with Crippen LogP contribution in [0.15, 0.2) is 18.2 Å². The van der Waals surface area contributed by atoms with Gasteiger partial charge in [-0.05, 0) is 31.5 Å². The Morgan fingerprint density at radius 3 is 2.77 bits per heavy atom. The Balaban J connectivity index is 1.96. The molecule has 1 saturated heterocycles. The minimum Gasteiger partial charge on any atom is -0.387 e. The highest BCUT2D eigenvalue weighted by molar-refractivity contribution is 5.75. The van der Waals surface area contributed by atoms with Gasteiger partial charge in [-0.3, -0.25) is 9.69 Å². The summed E-state index contributed by atoms with van der Waals surface area (Å²) in [4.78, 5) is 13.4. The van der Waals surface area contributed by atoms with Gasteiger partial charge in [0.25, 0.3) is 0 Å². The van der Waals surface area contributed by atoms with Crippen LogP contribution < -0.4 is 5.32 Å². The lowest BCUT2D eigenvalue weighted by atomic mass is 10.0. The summed E-state index contributed by atoms with van der Waals surface area (Å²) in [5.74, 6) is -1.48. The van der Waals surface area contributed by atoms with Crippen molar-refractivity contribution < 1.29 is 18.7 Å². The van der Waals surface area contributed by atoms with E-state index in [1.165, 1.54) is 6.07 Å². The van der Waals surface area contributed by atoms with E-state index in [-0.39, 0.29) is 24.1 Å². The first-order valence-corrected chi connectivity index (χ1v) is 7.65. The molecule has 0 bridgehead atoms. The van der Waals surface area contributed by atoms with Crippen molar-refractivity contribution in [2.24, 2.45) is 0 Å². The van der Waals surface area contributed by atoms with Gasteiger partial charge < -0.3 is 10.4 Å². The molecule has 2 atom stereocenters. The van der Waals surface area contributed by atoms with Gasteiger partial charge in [-0.25, -0.2) is 8.78 Å². The number of aliphatic hydroxyl groups excluding tert-OH is 1. The van der Waals surface area contributed by atoms with Gasteiger partial charge in [-0.2, -0.15) is 0 Å². The number of β-amino-alcohol motifs (C(OH)–C–C–N with tert-alkyl or cyclic N) is 1. The number of amides is 1. The Labute approximate surface area is 129 Å². The van der Waals surface area contributed by atoms with Crippen LogP contribution in [0.2, 0.25) is 0 Å². The molecule has 2 unspecified atom stereocenters. The highest BCUT2D eigenvalue weighted by Gasteiger charge is 2.25. The molecule has 0 aromatic heterocycles. The normalized spacial score (nSPS) is 20.6. The fourth-order valence-electron chi connectivity index (χ4n) is 2.83. The summed E-state index contributed by atoms with van der Waals surface area (Å²) in [6.07, 6.45) is 0.967. The first-order valence-electron chi connectivity index (χ1n) is 7.65. The van der Waals surface area contributed by atoms with Gasteiger partial charge in [-0.15, -0.1) is 0 Å². The molecular weight excluding hydrogens is 290 g/mol. The molecule has 1 aromatic carbocycles. The van der Waals surface area contributed by atoms with E-state index in [1.54, 1.807) is 6.92 Å². The summed E-state index contributed by atoms with van der Waals surface area (Å²) < 4.78 is 27.3. The third-order valence-electron chi connectivity index (χ3n) is 3.96. The molecule has 0 aliphatic carbocycles. The summed E-state index contributed by atoms with van der Waals surface area (Å²) in [6, 6.07) is 3.58. The Hall–Kier alpha value is -1.53. The number of hydrogen-bond donors (Lipinski definition) is 2. The van der Waals surface area contributed by atoms with Gasteiger partial charge in [0.1, 0.15) is 11.6 Å². The zero-order valence-corrected chi connectivity index (χ0v) is 12.7. The molecular formula is C16H22F2N2O2.